The minimum Gasteiger partial charge on any atom is -0.460 e. The van der Waals surface area contributed by atoms with Gasteiger partial charge in [0.2, 0.25) is 0 Å². The molecule has 6 nitrogen and oxygen atoms in total. The molecule has 7 heteroatoms. The Balaban J connectivity index is 1.89. The van der Waals surface area contributed by atoms with Crippen LogP contribution in [0.4, 0.5) is 0 Å². The third kappa shape index (κ3) is 4.51. The van der Waals surface area contributed by atoms with Gasteiger partial charge in [-0.15, -0.1) is 21.5 Å². The van der Waals surface area contributed by atoms with Gasteiger partial charge in [-0.25, -0.2) is 0 Å². The maximum Gasteiger partial charge on any atom is 0.308 e. The van der Waals surface area contributed by atoms with Gasteiger partial charge >= 0.3 is 5.97 Å². The first kappa shape index (κ1) is 23.4. The van der Waals surface area contributed by atoms with Crippen LogP contribution in [0.2, 0.25) is 0 Å². The molecule has 1 aromatic carbocycles. The number of aromatic nitrogens is 3. The fourth-order valence-corrected chi connectivity index (χ4v) is 5.31. The molecule has 1 aliphatic heterocycles. The molecule has 3 aromatic rings. The minimum atomic E-state index is -0.559. The number of benzene rings is 1. The number of aliphatic imine (C=N–C) groups is 1. The highest BCUT2D eigenvalue weighted by Gasteiger charge is 2.33. The summed E-state index contributed by atoms with van der Waals surface area (Å²) in [4.78, 5) is 19.2. The van der Waals surface area contributed by atoms with E-state index in [-0.39, 0.29) is 12.4 Å². The van der Waals surface area contributed by atoms with Crippen molar-refractivity contribution in [3.05, 3.63) is 63.0 Å². The minimum absolute atomic E-state index is 0.107. The number of carbonyl (C=O) groups excluding carboxylic acids is 1. The van der Waals surface area contributed by atoms with Gasteiger partial charge < -0.3 is 4.74 Å². The summed E-state index contributed by atoms with van der Waals surface area (Å²) in [7, 11) is 0. The van der Waals surface area contributed by atoms with Crippen LogP contribution in [0.3, 0.4) is 0 Å². The number of thiophene rings is 1. The molecule has 0 amide bonds. The summed E-state index contributed by atoms with van der Waals surface area (Å²) in [5.41, 5.74) is 4.93. The summed E-state index contributed by atoms with van der Waals surface area (Å²) in [6.07, 6.45) is 0.107. The lowest BCUT2D eigenvalue weighted by molar-refractivity contribution is -0.155. The van der Waals surface area contributed by atoms with E-state index in [2.05, 4.69) is 66.7 Å². The molecule has 3 heterocycles. The van der Waals surface area contributed by atoms with Crippen molar-refractivity contribution in [2.24, 2.45) is 4.99 Å². The summed E-state index contributed by atoms with van der Waals surface area (Å²) >= 11 is 1.71. The van der Waals surface area contributed by atoms with Crippen LogP contribution in [-0.4, -0.2) is 32.0 Å². The normalized spacial score (nSPS) is 15.7. The lowest BCUT2D eigenvalue weighted by Gasteiger charge is -2.21. The largest absolute Gasteiger partial charge is 0.460 e. The van der Waals surface area contributed by atoms with Crippen LogP contribution in [0.15, 0.2) is 29.3 Å². The van der Waals surface area contributed by atoms with Crippen molar-refractivity contribution in [1.29, 1.82) is 0 Å². The summed E-state index contributed by atoms with van der Waals surface area (Å²) in [6, 6.07) is 8.11. The fraction of sp³-hybridized carbons (Fsp3) is 0.462. The number of hydrogen-bond donors (Lipinski definition) is 0. The molecule has 0 bridgehead atoms. The van der Waals surface area contributed by atoms with Gasteiger partial charge in [0, 0.05) is 16.0 Å². The third-order valence-corrected chi connectivity index (χ3v) is 7.06. The third-order valence-electron chi connectivity index (χ3n) is 5.87. The Morgan fingerprint density at radius 3 is 2.39 bits per heavy atom. The van der Waals surface area contributed by atoms with Gasteiger partial charge in [0.25, 0.3) is 0 Å². The average Bonchev–Trinajstić information content (AvgIpc) is 3.19. The number of rotatable bonds is 4. The summed E-state index contributed by atoms with van der Waals surface area (Å²) in [5, 5.41) is 9.85. The van der Waals surface area contributed by atoms with E-state index >= 15 is 0 Å². The second kappa shape index (κ2) is 8.52. The highest BCUT2D eigenvalue weighted by molar-refractivity contribution is 7.15. The number of fused-ring (bicyclic) bond motifs is 3. The van der Waals surface area contributed by atoms with Crippen LogP contribution >= 0.6 is 11.3 Å². The average molecular weight is 465 g/mol. The van der Waals surface area contributed by atoms with Crippen LogP contribution in [0, 0.1) is 20.8 Å². The van der Waals surface area contributed by atoms with Gasteiger partial charge in [-0.3, -0.25) is 14.4 Å². The first-order chi connectivity index (χ1) is 15.5. The molecule has 1 aliphatic rings. The van der Waals surface area contributed by atoms with Gasteiger partial charge in [0.15, 0.2) is 5.82 Å². The molecular formula is C26H32N4O2S. The van der Waals surface area contributed by atoms with E-state index in [0.717, 1.165) is 27.7 Å². The maximum atomic E-state index is 12.8. The van der Waals surface area contributed by atoms with E-state index in [1.165, 1.54) is 16.0 Å². The van der Waals surface area contributed by atoms with E-state index < -0.39 is 11.6 Å². The van der Waals surface area contributed by atoms with E-state index in [1.54, 1.807) is 11.3 Å². The molecule has 0 saturated heterocycles. The summed E-state index contributed by atoms with van der Waals surface area (Å²) in [5.74, 6) is 1.62. The zero-order valence-electron chi connectivity index (χ0n) is 20.7. The highest BCUT2D eigenvalue weighted by Crippen LogP contribution is 2.39. The number of nitrogens with zero attached hydrogens (tertiary/aromatic N) is 4. The van der Waals surface area contributed by atoms with Gasteiger partial charge in [-0.1, -0.05) is 38.1 Å². The Labute approximate surface area is 199 Å². The van der Waals surface area contributed by atoms with E-state index in [9.17, 15) is 4.79 Å². The molecule has 33 heavy (non-hydrogen) atoms. The number of ether oxygens (including phenoxy) is 1. The van der Waals surface area contributed by atoms with Gasteiger partial charge in [-0.2, -0.15) is 0 Å². The van der Waals surface area contributed by atoms with E-state index in [4.69, 9.17) is 9.73 Å². The van der Waals surface area contributed by atoms with Crippen LogP contribution in [0.25, 0.3) is 5.00 Å². The Bertz CT molecular complexity index is 1230. The Hall–Kier alpha value is -2.80. The molecule has 0 N–H and O–H groups in total. The highest BCUT2D eigenvalue weighted by atomic mass is 32.1. The van der Waals surface area contributed by atoms with Crippen molar-refractivity contribution < 1.29 is 9.53 Å². The molecule has 0 saturated carbocycles. The summed E-state index contributed by atoms with van der Waals surface area (Å²) < 4.78 is 7.69. The van der Waals surface area contributed by atoms with E-state index in [1.807, 2.05) is 27.7 Å². The first-order valence-electron chi connectivity index (χ1n) is 11.4. The van der Waals surface area contributed by atoms with E-state index in [0.29, 0.717) is 11.7 Å². The topological polar surface area (TPSA) is 69.4 Å². The van der Waals surface area contributed by atoms with Crippen LogP contribution in [0.1, 0.15) is 91.8 Å². The molecule has 1 atom stereocenters. The van der Waals surface area contributed by atoms with Gasteiger partial charge in [0.1, 0.15) is 22.5 Å². The molecule has 4 rings (SSSR count). The lowest BCUT2D eigenvalue weighted by Crippen LogP contribution is -2.25. The quantitative estimate of drug-likeness (QED) is 0.444. The molecule has 174 valence electrons. The predicted octanol–water partition coefficient (Wildman–Crippen LogP) is 6.00. The van der Waals surface area contributed by atoms with Gasteiger partial charge in [-0.05, 0) is 58.6 Å². The number of esters is 1. The van der Waals surface area contributed by atoms with Crippen molar-refractivity contribution in [2.75, 3.05) is 0 Å². The lowest BCUT2D eigenvalue weighted by atomic mass is 9.96. The molecule has 0 unspecified atom stereocenters. The van der Waals surface area contributed by atoms with Crippen molar-refractivity contribution in [1.82, 2.24) is 14.8 Å². The molecule has 2 aromatic heterocycles. The molecule has 0 aliphatic carbocycles. The second-order valence-electron chi connectivity index (χ2n) is 9.97. The van der Waals surface area contributed by atoms with Crippen molar-refractivity contribution in [2.45, 2.75) is 79.4 Å². The maximum absolute atomic E-state index is 12.8. The molecule has 0 fully saturated rings. The SMILES string of the molecule is Cc1sc2c(c1C)C(c1ccc(C(C)C)cc1)=N[C@@H](CC(=O)OC(C)(C)C)c1nnc(C)n1-2. The number of carbonyl (C=O) groups is 1. The van der Waals surface area contributed by atoms with Crippen molar-refractivity contribution in [3.63, 3.8) is 0 Å². The smallest absolute Gasteiger partial charge is 0.308 e. The van der Waals surface area contributed by atoms with Crippen molar-refractivity contribution in [3.8, 4) is 5.00 Å². The fourth-order valence-electron chi connectivity index (χ4n) is 4.09. The van der Waals surface area contributed by atoms with Crippen LogP contribution in [0.5, 0.6) is 0 Å². The predicted molar refractivity (Wildman–Crippen MR) is 133 cm³/mol. The van der Waals surface area contributed by atoms with Crippen LogP contribution in [-0.2, 0) is 9.53 Å². The summed E-state index contributed by atoms with van der Waals surface area (Å²) in [6.45, 7) is 16.2. The molecular weight excluding hydrogens is 432 g/mol. The number of aryl methyl sites for hydroxylation is 2. The van der Waals surface area contributed by atoms with Crippen molar-refractivity contribution >= 4 is 23.0 Å². The second-order valence-corrected chi connectivity index (χ2v) is 11.2. The first-order valence-corrected chi connectivity index (χ1v) is 12.2. The number of hydrogen-bond acceptors (Lipinski definition) is 6. The molecule has 0 spiro atoms. The Kier molecular flexibility index (Phi) is 6.03. The monoisotopic (exact) mass is 464 g/mol. The Morgan fingerprint density at radius 2 is 1.79 bits per heavy atom. The standard InChI is InChI=1S/C26H32N4O2S/c1-14(2)18-9-11-19(12-10-18)23-22-15(3)16(4)33-25(22)30-17(5)28-29-24(30)20(27-23)13-21(31)32-26(6,7)8/h9-12,14,20H,13H2,1-8H3/t20-/m0/s1. The Morgan fingerprint density at radius 1 is 1.12 bits per heavy atom. The van der Waals surface area contributed by atoms with Gasteiger partial charge in [0.05, 0.1) is 12.1 Å². The zero-order valence-corrected chi connectivity index (χ0v) is 21.5. The zero-order chi connectivity index (χ0) is 24.1. The van der Waals surface area contributed by atoms with Crippen LogP contribution < -0.4 is 0 Å². The molecule has 0 radical (unpaired) electrons.